The molecular formula is C21H23N5O2S. The molecule has 0 fully saturated rings. The van der Waals surface area contributed by atoms with E-state index >= 15 is 0 Å². The summed E-state index contributed by atoms with van der Waals surface area (Å²) in [5, 5.41) is 0.663. The van der Waals surface area contributed by atoms with Crippen LogP contribution in [0.4, 0.5) is 0 Å². The van der Waals surface area contributed by atoms with E-state index in [-0.39, 0.29) is 17.9 Å². The summed E-state index contributed by atoms with van der Waals surface area (Å²) in [5.74, 6) is 0.786. The van der Waals surface area contributed by atoms with Gasteiger partial charge in [-0.15, -0.1) is 11.3 Å². The number of fused-ring (bicyclic) bond motifs is 2. The number of nitrogens with zero attached hydrogens (tertiary/aromatic N) is 5. The zero-order valence-corrected chi connectivity index (χ0v) is 17.8. The van der Waals surface area contributed by atoms with Gasteiger partial charge in [0.25, 0.3) is 5.56 Å². The zero-order valence-electron chi connectivity index (χ0n) is 17.0. The van der Waals surface area contributed by atoms with E-state index in [9.17, 15) is 9.59 Å². The second-order valence-corrected chi connectivity index (χ2v) is 8.49. The smallest absolute Gasteiger partial charge is 0.262 e. The number of hydrogen-bond acceptors (Lipinski definition) is 5. The maximum Gasteiger partial charge on any atom is 0.262 e. The molecule has 4 rings (SSSR count). The van der Waals surface area contributed by atoms with E-state index in [1.54, 1.807) is 18.3 Å². The van der Waals surface area contributed by atoms with E-state index in [2.05, 4.69) is 9.97 Å². The summed E-state index contributed by atoms with van der Waals surface area (Å²) in [6.07, 6.45) is 1.77. The normalized spacial score (nSPS) is 11.4. The summed E-state index contributed by atoms with van der Waals surface area (Å²) < 4.78 is 3.53. The van der Waals surface area contributed by atoms with Crippen LogP contribution < -0.4 is 5.56 Å². The molecule has 0 spiro atoms. The molecule has 0 radical (unpaired) electrons. The summed E-state index contributed by atoms with van der Waals surface area (Å²) in [6.45, 7) is 4.66. The predicted octanol–water partition coefficient (Wildman–Crippen LogP) is 3.01. The average Bonchev–Trinajstić information content (AvgIpc) is 3.18. The molecule has 0 aliphatic carbocycles. The van der Waals surface area contributed by atoms with Gasteiger partial charge in [0.1, 0.15) is 10.7 Å². The Morgan fingerprint density at radius 1 is 1.24 bits per heavy atom. The number of benzene rings is 1. The SMILES string of the molecule is Cc1sc2ncn(CCC(=O)N(C)Cc3nc4ccccc4n3C)c(=O)c2c1C. The van der Waals surface area contributed by atoms with Crippen molar-refractivity contribution < 1.29 is 4.79 Å². The fourth-order valence-corrected chi connectivity index (χ4v) is 4.46. The number of aromatic nitrogens is 4. The molecule has 7 nitrogen and oxygen atoms in total. The Balaban J connectivity index is 1.47. The molecule has 29 heavy (non-hydrogen) atoms. The van der Waals surface area contributed by atoms with Crippen LogP contribution in [0, 0.1) is 13.8 Å². The summed E-state index contributed by atoms with van der Waals surface area (Å²) in [6, 6.07) is 7.90. The molecule has 0 N–H and O–H groups in total. The van der Waals surface area contributed by atoms with Crippen LogP contribution in [0.1, 0.15) is 22.7 Å². The monoisotopic (exact) mass is 409 g/mol. The van der Waals surface area contributed by atoms with Crippen molar-refractivity contribution >= 4 is 38.5 Å². The second-order valence-electron chi connectivity index (χ2n) is 7.28. The molecule has 4 aromatic rings. The Morgan fingerprint density at radius 3 is 2.76 bits per heavy atom. The topological polar surface area (TPSA) is 73.0 Å². The van der Waals surface area contributed by atoms with Crippen molar-refractivity contribution in [1.82, 2.24) is 24.0 Å². The molecule has 0 unspecified atom stereocenters. The third kappa shape index (κ3) is 3.44. The van der Waals surface area contributed by atoms with Gasteiger partial charge in [-0.25, -0.2) is 9.97 Å². The molecule has 3 aromatic heterocycles. The maximum absolute atomic E-state index is 12.8. The van der Waals surface area contributed by atoms with Gasteiger partial charge in [-0.3, -0.25) is 14.2 Å². The third-order valence-corrected chi connectivity index (χ3v) is 6.52. The number of para-hydroxylation sites is 2. The van der Waals surface area contributed by atoms with Crippen LogP contribution in [0.3, 0.4) is 0 Å². The number of carbonyl (C=O) groups is 1. The van der Waals surface area contributed by atoms with E-state index in [0.29, 0.717) is 18.5 Å². The largest absolute Gasteiger partial charge is 0.338 e. The highest BCUT2D eigenvalue weighted by molar-refractivity contribution is 7.18. The lowest BCUT2D eigenvalue weighted by atomic mass is 10.2. The number of imidazole rings is 1. The quantitative estimate of drug-likeness (QED) is 0.508. The highest BCUT2D eigenvalue weighted by Crippen LogP contribution is 2.25. The molecule has 150 valence electrons. The van der Waals surface area contributed by atoms with Gasteiger partial charge in [-0.2, -0.15) is 0 Å². The van der Waals surface area contributed by atoms with Gasteiger partial charge < -0.3 is 9.47 Å². The molecule has 0 aliphatic rings. The fourth-order valence-electron chi connectivity index (χ4n) is 3.47. The lowest BCUT2D eigenvalue weighted by Crippen LogP contribution is -2.30. The zero-order chi connectivity index (χ0) is 20.7. The Morgan fingerprint density at radius 2 is 2.00 bits per heavy atom. The van der Waals surface area contributed by atoms with Gasteiger partial charge >= 0.3 is 0 Å². The molecular weight excluding hydrogens is 386 g/mol. The Kier molecular flexibility index (Phi) is 4.96. The fraction of sp³-hybridized carbons (Fsp3) is 0.333. The first kappa shape index (κ1) is 19.3. The van der Waals surface area contributed by atoms with E-state index in [4.69, 9.17) is 0 Å². The van der Waals surface area contributed by atoms with Gasteiger partial charge in [-0.1, -0.05) is 12.1 Å². The van der Waals surface area contributed by atoms with E-state index in [1.807, 2.05) is 49.7 Å². The van der Waals surface area contributed by atoms with Crippen LogP contribution in [-0.4, -0.2) is 37.0 Å². The van der Waals surface area contributed by atoms with Crippen LogP contribution >= 0.6 is 11.3 Å². The molecule has 1 aromatic carbocycles. The summed E-state index contributed by atoms with van der Waals surface area (Å²) in [4.78, 5) is 37.9. The number of amides is 1. The van der Waals surface area contributed by atoms with E-state index in [0.717, 1.165) is 32.1 Å². The summed E-state index contributed by atoms with van der Waals surface area (Å²) in [5.41, 5.74) is 2.85. The predicted molar refractivity (Wildman–Crippen MR) is 115 cm³/mol. The number of rotatable bonds is 5. The van der Waals surface area contributed by atoms with E-state index in [1.165, 1.54) is 15.9 Å². The molecule has 0 aliphatic heterocycles. The van der Waals surface area contributed by atoms with Crippen molar-refractivity contribution in [3.05, 3.63) is 57.2 Å². The average molecular weight is 410 g/mol. The van der Waals surface area contributed by atoms with Crippen molar-refractivity contribution in [2.24, 2.45) is 7.05 Å². The third-order valence-electron chi connectivity index (χ3n) is 5.41. The first-order valence-electron chi connectivity index (χ1n) is 9.46. The van der Waals surface area contributed by atoms with Gasteiger partial charge in [0.2, 0.25) is 5.91 Å². The lowest BCUT2D eigenvalue weighted by Gasteiger charge is -2.17. The minimum atomic E-state index is -0.0809. The number of hydrogen-bond donors (Lipinski definition) is 0. The van der Waals surface area contributed by atoms with Crippen molar-refractivity contribution in [2.75, 3.05) is 7.05 Å². The Hall–Kier alpha value is -3.00. The Labute approximate surface area is 172 Å². The van der Waals surface area contributed by atoms with Gasteiger partial charge in [0.15, 0.2) is 0 Å². The summed E-state index contributed by atoms with van der Waals surface area (Å²) in [7, 11) is 3.72. The second kappa shape index (κ2) is 7.44. The standard InChI is InChI=1S/C21H23N5O2S/c1-13-14(2)29-20-19(13)21(28)26(12-22-20)10-9-18(27)24(3)11-17-23-15-7-5-6-8-16(15)25(17)4/h5-8,12H,9-11H2,1-4H3. The minimum Gasteiger partial charge on any atom is -0.338 e. The highest BCUT2D eigenvalue weighted by atomic mass is 32.1. The molecule has 8 heteroatoms. The molecule has 0 saturated heterocycles. The number of carbonyl (C=O) groups excluding carboxylic acids is 1. The van der Waals surface area contributed by atoms with E-state index < -0.39 is 0 Å². The molecule has 1 amide bonds. The van der Waals surface area contributed by atoms with Crippen molar-refractivity contribution in [3.63, 3.8) is 0 Å². The lowest BCUT2D eigenvalue weighted by molar-refractivity contribution is -0.130. The van der Waals surface area contributed by atoms with Crippen LogP contribution in [-0.2, 0) is 24.9 Å². The van der Waals surface area contributed by atoms with Crippen LogP contribution in [0.15, 0.2) is 35.4 Å². The minimum absolute atomic E-state index is 0.0396. The van der Waals surface area contributed by atoms with Crippen molar-refractivity contribution in [2.45, 2.75) is 33.4 Å². The van der Waals surface area contributed by atoms with Crippen molar-refractivity contribution in [1.29, 1.82) is 0 Å². The molecule has 0 saturated carbocycles. The molecule has 0 bridgehead atoms. The van der Waals surface area contributed by atoms with Gasteiger partial charge in [-0.05, 0) is 31.5 Å². The Bertz CT molecular complexity index is 1280. The van der Waals surface area contributed by atoms with Crippen LogP contribution in [0.5, 0.6) is 0 Å². The maximum atomic E-state index is 12.8. The van der Waals surface area contributed by atoms with Crippen molar-refractivity contribution in [3.8, 4) is 0 Å². The summed E-state index contributed by atoms with van der Waals surface area (Å²) >= 11 is 1.53. The van der Waals surface area contributed by atoms with Gasteiger partial charge in [0, 0.05) is 31.9 Å². The molecule has 0 atom stereocenters. The first-order chi connectivity index (χ1) is 13.9. The molecule has 3 heterocycles. The number of thiophene rings is 1. The van der Waals surface area contributed by atoms with Crippen LogP contribution in [0.25, 0.3) is 21.3 Å². The first-order valence-corrected chi connectivity index (χ1v) is 10.3. The highest BCUT2D eigenvalue weighted by Gasteiger charge is 2.16. The van der Waals surface area contributed by atoms with Gasteiger partial charge in [0.05, 0.1) is 29.3 Å². The number of aryl methyl sites for hydroxylation is 4. The van der Waals surface area contributed by atoms with Crippen LogP contribution in [0.2, 0.25) is 0 Å².